The minimum Gasteiger partial charge on any atom is -0.368 e. The molecule has 0 atom stereocenters. The van der Waals surface area contributed by atoms with E-state index in [1.165, 1.54) is 10.2 Å². The molecule has 0 aliphatic heterocycles. The molecule has 0 aliphatic rings. The number of aryl methyl sites for hydroxylation is 1. The zero-order chi connectivity index (χ0) is 12.4. The first-order valence-electron chi connectivity index (χ1n) is 5.53. The SMILES string of the molecule is Cc1nn(C(=N)N)c(C)c1Cc1ccccc1.Cl. The Bertz CT molecular complexity index is 546. The Morgan fingerprint density at radius 3 is 2.39 bits per heavy atom. The van der Waals surface area contributed by atoms with Gasteiger partial charge in [0, 0.05) is 17.7 Å². The summed E-state index contributed by atoms with van der Waals surface area (Å²) >= 11 is 0. The van der Waals surface area contributed by atoms with Crippen LogP contribution in [0, 0.1) is 19.3 Å². The molecule has 3 N–H and O–H groups in total. The van der Waals surface area contributed by atoms with Gasteiger partial charge < -0.3 is 5.73 Å². The van der Waals surface area contributed by atoms with Crippen molar-refractivity contribution in [1.29, 1.82) is 5.41 Å². The lowest BCUT2D eigenvalue weighted by atomic mass is 10.0. The van der Waals surface area contributed by atoms with E-state index >= 15 is 0 Å². The fourth-order valence-electron chi connectivity index (χ4n) is 1.97. The van der Waals surface area contributed by atoms with Crippen LogP contribution >= 0.6 is 12.4 Å². The number of benzene rings is 1. The predicted molar refractivity (Wildman–Crippen MR) is 75.5 cm³/mol. The maximum absolute atomic E-state index is 7.44. The van der Waals surface area contributed by atoms with E-state index < -0.39 is 0 Å². The minimum atomic E-state index is -0.0371. The van der Waals surface area contributed by atoms with Crippen molar-refractivity contribution in [3.8, 4) is 0 Å². The largest absolute Gasteiger partial charge is 0.368 e. The van der Waals surface area contributed by atoms with E-state index in [0.717, 1.165) is 23.4 Å². The molecule has 0 fully saturated rings. The highest BCUT2D eigenvalue weighted by atomic mass is 35.5. The smallest absolute Gasteiger partial charge is 0.213 e. The van der Waals surface area contributed by atoms with Crippen LogP contribution in [0.25, 0.3) is 0 Å². The van der Waals surface area contributed by atoms with Crippen LogP contribution in [0.5, 0.6) is 0 Å². The van der Waals surface area contributed by atoms with Crippen molar-refractivity contribution < 1.29 is 0 Å². The van der Waals surface area contributed by atoms with E-state index in [-0.39, 0.29) is 18.4 Å². The van der Waals surface area contributed by atoms with Crippen molar-refractivity contribution in [2.45, 2.75) is 20.3 Å². The lowest BCUT2D eigenvalue weighted by Crippen LogP contribution is -2.23. The van der Waals surface area contributed by atoms with Crippen molar-refractivity contribution in [3.05, 3.63) is 52.8 Å². The fraction of sp³-hybridized carbons (Fsp3) is 0.231. The first-order chi connectivity index (χ1) is 8.09. The van der Waals surface area contributed by atoms with Crippen molar-refractivity contribution in [1.82, 2.24) is 9.78 Å². The molecular formula is C13H17ClN4. The zero-order valence-electron chi connectivity index (χ0n) is 10.5. The Balaban J connectivity index is 0.00000162. The van der Waals surface area contributed by atoms with E-state index in [2.05, 4.69) is 17.2 Å². The topological polar surface area (TPSA) is 67.7 Å². The number of hydrogen-bond donors (Lipinski definition) is 2. The highest BCUT2D eigenvalue weighted by molar-refractivity contribution is 5.85. The maximum atomic E-state index is 7.44. The number of nitrogens with zero attached hydrogens (tertiary/aromatic N) is 2. The number of halogens is 1. The number of aromatic nitrogens is 2. The van der Waals surface area contributed by atoms with Gasteiger partial charge in [0.2, 0.25) is 5.96 Å². The van der Waals surface area contributed by atoms with Gasteiger partial charge in [0.05, 0.1) is 5.69 Å². The average molecular weight is 265 g/mol. The van der Waals surface area contributed by atoms with E-state index in [4.69, 9.17) is 11.1 Å². The van der Waals surface area contributed by atoms with E-state index in [1.807, 2.05) is 32.0 Å². The number of nitrogen functional groups attached to an aromatic ring is 1. The molecule has 1 aromatic heterocycles. The Kier molecular flexibility index (Phi) is 4.50. The van der Waals surface area contributed by atoms with E-state index in [9.17, 15) is 0 Å². The standard InChI is InChI=1S/C13H16N4.ClH/c1-9-12(8-11-6-4-3-5-7-11)10(2)17(16-9)13(14)15;/h3-7H,8H2,1-2H3,(H3,14,15);1H. The molecule has 18 heavy (non-hydrogen) atoms. The van der Waals surface area contributed by atoms with Crippen LogP contribution in [0.15, 0.2) is 30.3 Å². The van der Waals surface area contributed by atoms with Crippen LogP contribution in [0.4, 0.5) is 0 Å². The number of nitrogens with one attached hydrogen (secondary N) is 1. The summed E-state index contributed by atoms with van der Waals surface area (Å²) in [4.78, 5) is 0. The van der Waals surface area contributed by atoms with Crippen LogP contribution in [-0.2, 0) is 6.42 Å². The van der Waals surface area contributed by atoms with E-state index in [0.29, 0.717) is 0 Å². The maximum Gasteiger partial charge on any atom is 0.213 e. The highest BCUT2D eigenvalue weighted by Gasteiger charge is 2.12. The summed E-state index contributed by atoms with van der Waals surface area (Å²) in [6, 6.07) is 10.2. The molecule has 96 valence electrons. The van der Waals surface area contributed by atoms with Gasteiger partial charge in [0.15, 0.2) is 0 Å². The molecule has 0 saturated heterocycles. The molecule has 2 rings (SSSR count). The van der Waals surface area contributed by atoms with Gasteiger partial charge in [-0.15, -0.1) is 12.4 Å². The first-order valence-corrected chi connectivity index (χ1v) is 5.53. The summed E-state index contributed by atoms with van der Waals surface area (Å²) in [5, 5.41) is 11.7. The second-order valence-corrected chi connectivity index (χ2v) is 4.11. The highest BCUT2D eigenvalue weighted by Crippen LogP contribution is 2.17. The Labute approximate surface area is 113 Å². The molecule has 5 heteroatoms. The third-order valence-corrected chi connectivity index (χ3v) is 2.89. The summed E-state index contributed by atoms with van der Waals surface area (Å²) in [7, 11) is 0. The monoisotopic (exact) mass is 264 g/mol. The summed E-state index contributed by atoms with van der Waals surface area (Å²) in [6.45, 7) is 3.89. The Morgan fingerprint density at radius 1 is 1.28 bits per heavy atom. The average Bonchev–Trinajstić information content (AvgIpc) is 2.58. The lowest BCUT2D eigenvalue weighted by molar-refractivity contribution is 0.862. The molecule has 0 amide bonds. The Morgan fingerprint density at radius 2 is 1.89 bits per heavy atom. The molecule has 2 aromatic rings. The summed E-state index contributed by atoms with van der Waals surface area (Å²) < 4.78 is 1.48. The second kappa shape index (κ2) is 5.69. The van der Waals surface area contributed by atoms with Gasteiger partial charge in [-0.25, -0.2) is 4.68 Å². The second-order valence-electron chi connectivity index (χ2n) is 4.11. The normalized spacial score (nSPS) is 9.89. The molecule has 1 aromatic carbocycles. The molecular weight excluding hydrogens is 248 g/mol. The number of rotatable bonds is 2. The fourth-order valence-corrected chi connectivity index (χ4v) is 1.97. The van der Waals surface area contributed by atoms with E-state index in [1.54, 1.807) is 0 Å². The van der Waals surface area contributed by atoms with Crippen LogP contribution in [0.3, 0.4) is 0 Å². The van der Waals surface area contributed by atoms with Crippen molar-refractivity contribution >= 4 is 18.4 Å². The van der Waals surface area contributed by atoms with Gasteiger partial charge in [-0.05, 0) is 19.4 Å². The van der Waals surface area contributed by atoms with Crippen LogP contribution in [0.1, 0.15) is 22.5 Å². The quantitative estimate of drug-likeness (QED) is 0.645. The third kappa shape index (κ3) is 2.71. The Hall–Kier alpha value is -1.81. The van der Waals surface area contributed by atoms with Gasteiger partial charge in [-0.3, -0.25) is 5.41 Å². The van der Waals surface area contributed by atoms with Gasteiger partial charge in [-0.1, -0.05) is 30.3 Å². The van der Waals surface area contributed by atoms with Gasteiger partial charge in [-0.2, -0.15) is 5.10 Å². The molecule has 0 bridgehead atoms. The number of nitrogens with two attached hydrogens (primary N) is 1. The van der Waals surface area contributed by atoms with Crippen LogP contribution in [0.2, 0.25) is 0 Å². The van der Waals surface area contributed by atoms with Gasteiger partial charge in [0.1, 0.15) is 0 Å². The molecule has 0 saturated carbocycles. The zero-order valence-corrected chi connectivity index (χ0v) is 11.3. The molecule has 0 unspecified atom stereocenters. The van der Waals surface area contributed by atoms with Crippen molar-refractivity contribution in [3.63, 3.8) is 0 Å². The van der Waals surface area contributed by atoms with Crippen LogP contribution in [-0.4, -0.2) is 15.7 Å². The molecule has 4 nitrogen and oxygen atoms in total. The first kappa shape index (κ1) is 14.3. The number of hydrogen-bond acceptors (Lipinski definition) is 2. The van der Waals surface area contributed by atoms with Crippen LogP contribution < -0.4 is 5.73 Å². The molecule has 0 radical (unpaired) electrons. The molecule has 0 spiro atoms. The van der Waals surface area contributed by atoms with Crippen molar-refractivity contribution in [2.24, 2.45) is 5.73 Å². The summed E-state index contributed by atoms with van der Waals surface area (Å²) in [5.41, 5.74) is 9.73. The van der Waals surface area contributed by atoms with Crippen molar-refractivity contribution in [2.75, 3.05) is 0 Å². The van der Waals surface area contributed by atoms with Gasteiger partial charge in [0.25, 0.3) is 0 Å². The predicted octanol–water partition coefficient (Wildman–Crippen LogP) is 2.25. The molecule has 1 heterocycles. The lowest BCUT2D eigenvalue weighted by Gasteiger charge is -2.03. The summed E-state index contributed by atoms with van der Waals surface area (Å²) in [5.74, 6) is -0.0371. The third-order valence-electron chi connectivity index (χ3n) is 2.89. The minimum absolute atomic E-state index is 0. The molecule has 0 aliphatic carbocycles. The summed E-state index contributed by atoms with van der Waals surface area (Å²) in [6.07, 6.45) is 0.825. The van der Waals surface area contributed by atoms with Gasteiger partial charge >= 0.3 is 0 Å².